The van der Waals surface area contributed by atoms with Crippen LogP contribution in [0.25, 0.3) is 0 Å². The summed E-state index contributed by atoms with van der Waals surface area (Å²) in [5.41, 5.74) is 0.262. The average molecular weight is 931 g/mol. The zero-order chi connectivity index (χ0) is 46.7. The van der Waals surface area contributed by atoms with Crippen LogP contribution in [0.2, 0.25) is 0 Å². The van der Waals surface area contributed by atoms with Crippen LogP contribution in [0.3, 0.4) is 0 Å². The van der Waals surface area contributed by atoms with Crippen LogP contribution in [-0.4, -0.2) is 205 Å². The standard InChI is InChI=1S/C45H70O20/c1-17-9-29(50)45(58-16-17)18(2)30-24(65-45)11-23-21-6-5-19-10-20(7-8-43(19,3)22(21)12-28(49)44(23,30)4)59-40-37(57)35(55)38(27(15-48)62-40)63-42-39(34(54)32(52)26(14-47)61-42)64-41-36(56)33(53)31(51)25(13-46)60-41/h5,17-18,20-27,29-42,46-48,50-57H,6-16H2,1-4H3. The molecular weight excluding hydrogens is 860 g/mol. The van der Waals surface area contributed by atoms with Crippen molar-refractivity contribution >= 4 is 5.78 Å². The largest absolute Gasteiger partial charge is 0.394 e. The third-order valence-corrected chi connectivity index (χ3v) is 17.6. The minimum Gasteiger partial charge on any atom is -0.394 e. The van der Waals surface area contributed by atoms with E-state index in [1.54, 1.807) is 0 Å². The van der Waals surface area contributed by atoms with E-state index in [1.807, 2.05) is 0 Å². The number of Topliss-reactive ketones (excluding diaryl/α,β-unsaturated/α-hetero) is 1. The van der Waals surface area contributed by atoms with Crippen molar-refractivity contribution in [3.63, 3.8) is 0 Å². The quantitative estimate of drug-likeness (QED) is 0.105. The van der Waals surface area contributed by atoms with Gasteiger partial charge in [0.05, 0.1) is 38.6 Å². The van der Waals surface area contributed by atoms with E-state index in [-0.39, 0.29) is 52.8 Å². The molecular formula is C45H70O20. The molecule has 1 spiro atoms. The van der Waals surface area contributed by atoms with Crippen LogP contribution in [0, 0.1) is 46.3 Å². The van der Waals surface area contributed by atoms with Crippen LogP contribution < -0.4 is 0 Å². The van der Waals surface area contributed by atoms with E-state index in [1.165, 1.54) is 0 Å². The summed E-state index contributed by atoms with van der Waals surface area (Å²) >= 11 is 0. The number of aliphatic hydroxyl groups is 11. The van der Waals surface area contributed by atoms with E-state index in [0.29, 0.717) is 38.7 Å². The minimum atomic E-state index is -1.91. The Balaban J connectivity index is 0.861. The number of fused-ring (bicyclic) bond motifs is 7. The van der Waals surface area contributed by atoms with Crippen LogP contribution in [0.5, 0.6) is 0 Å². The fraction of sp³-hybridized carbons (Fsp3) is 0.933. The SMILES string of the molecule is CC1COC2(OC3CC4C5CC=C6CC(OC7OC(CO)C(OC8OC(CO)C(O)C(O)C8OC8OC(CO)C(O)C(O)C8O)C(O)C7O)CCC6(C)C5CC(=O)C4(C)C3C2C)C(O)C1. The summed E-state index contributed by atoms with van der Waals surface area (Å²) in [7, 11) is 0. The van der Waals surface area contributed by atoms with Crippen LogP contribution in [0.15, 0.2) is 11.6 Å². The Kier molecular flexibility index (Phi) is 13.6. The maximum atomic E-state index is 14.6. The molecule has 0 amide bonds. The van der Waals surface area contributed by atoms with Gasteiger partial charge in [0.15, 0.2) is 24.7 Å². The van der Waals surface area contributed by atoms with Crippen molar-refractivity contribution in [1.29, 1.82) is 0 Å². The Bertz CT molecular complexity index is 1750. The highest BCUT2D eigenvalue weighted by Gasteiger charge is 2.73. The molecule has 65 heavy (non-hydrogen) atoms. The molecule has 8 fully saturated rings. The Morgan fingerprint density at radius 2 is 1.29 bits per heavy atom. The lowest BCUT2D eigenvalue weighted by molar-refractivity contribution is -0.390. The molecule has 3 saturated carbocycles. The summed E-state index contributed by atoms with van der Waals surface area (Å²) in [5.74, 6) is -0.365. The van der Waals surface area contributed by atoms with Crippen LogP contribution in [0.4, 0.5) is 0 Å². The number of hydrogen-bond donors (Lipinski definition) is 11. The molecule has 20 heteroatoms. The highest BCUT2D eigenvalue weighted by molar-refractivity contribution is 5.87. The predicted octanol–water partition coefficient (Wildman–Crippen LogP) is -2.66. The number of aliphatic hydroxyl groups excluding tert-OH is 11. The fourth-order valence-corrected chi connectivity index (χ4v) is 13.9. The first kappa shape index (κ1) is 48.7. The summed E-state index contributed by atoms with van der Waals surface area (Å²) in [6.45, 7) is 6.67. The lowest BCUT2D eigenvalue weighted by atomic mass is 9.46. The van der Waals surface area contributed by atoms with Gasteiger partial charge >= 0.3 is 0 Å². The van der Waals surface area contributed by atoms with E-state index in [2.05, 4.69) is 33.8 Å². The van der Waals surface area contributed by atoms with Gasteiger partial charge in [-0.05, 0) is 67.6 Å². The number of ketones is 1. The summed E-state index contributed by atoms with van der Waals surface area (Å²) in [6, 6.07) is 0. The lowest BCUT2D eigenvalue weighted by Crippen LogP contribution is -2.67. The van der Waals surface area contributed by atoms with Crippen LogP contribution >= 0.6 is 0 Å². The van der Waals surface area contributed by atoms with E-state index in [4.69, 9.17) is 37.9 Å². The normalized spacial score (nSPS) is 56.7. The zero-order valence-corrected chi connectivity index (χ0v) is 37.3. The molecule has 5 aliphatic heterocycles. The lowest BCUT2D eigenvalue weighted by Gasteiger charge is -2.58. The van der Waals surface area contributed by atoms with Gasteiger partial charge in [-0.15, -0.1) is 0 Å². The smallest absolute Gasteiger partial charge is 0.197 e. The second-order valence-electron chi connectivity index (χ2n) is 21.1. The predicted molar refractivity (Wildman–Crippen MR) is 217 cm³/mol. The fourth-order valence-electron chi connectivity index (χ4n) is 13.9. The molecule has 9 aliphatic rings. The van der Waals surface area contributed by atoms with Crippen molar-refractivity contribution in [3.8, 4) is 0 Å². The Morgan fingerprint density at radius 1 is 0.692 bits per heavy atom. The molecule has 4 aliphatic carbocycles. The van der Waals surface area contributed by atoms with Crippen molar-refractivity contribution in [2.75, 3.05) is 26.4 Å². The van der Waals surface area contributed by atoms with Crippen molar-refractivity contribution in [1.82, 2.24) is 0 Å². The van der Waals surface area contributed by atoms with Crippen LogP contribution in [0.1, 0.15) is 72.6 Å². The summed E-state index contributed by atoms with van der Waals surface area (Å²) < 4.78 is 48.3. The zero-order valence-electron chi connectivity index (χ0n) is 37.3. The van der Waals surface area contributed by atoms with Crippen molar-refractivity contribution < 1.29 is 98.9 Å². The molecule has 0 aromatic carbocycles. The maximum absolute atomic E-state index is 14.6. The number of carbonyl (C=O) groups excluding carboxylic acids is 1. The summed E-state index contributed by atoms with van der Waals surface area (Å²) in [6.07, 6.45) is -20.1. The molecule has 27 unspecified atom stereocenters. The first-order valence-corrected chi connectivity index (χ1v) is 23.6. The van der Waals surface area contributed by atoms with E-state index in [0.717, 1.165) is 18.4 Å². The molecule has 0 bridgehead atoms. The molecule has 20 nitrogen and oxygen atoms in total. The number of allylic oxidation sites excluding steroid dienone is 1. The van der Waals surface area contributed by atoms with Crippen molar-refractivity contribution in [2.45, 2.75) is 189 Å². The molecule has 0 radical (unpaired) electrons. The monoisotopic (exact) mass is 930 g/mol. The second kappa shape index (κ2) is 18.1. The molecule has 0 aromatic heterocycles. The van der Waals surface area contributed by atoms with Gasteiger partial charge in [0, 0.05) is 23.7 Å². The number of rotatable bonds is 9. The number of hydrogen-bond acceptors (Lipinski definition) is 20. The molecule has 9 rings (SSSR count). The van der Waals surface area contributed by atoms with Crippen molar-refractivity contribution in [3.05, 3.63) is 11.6 Å². The summed E-state index contributed by atoms with van der Waals surface area (Å²) in [5, 5.41) is 117. The number of ether oxygens (including phenoxy) is 8. The third kappa shape index (κ3) is 7.73. The van der Waals surface area contributed by atoms with E-state index in [9.17, 15) is 61.0 Å². The van der Waals surface area contributed by atoms with Gasteiger partial charge in [-0.1, -0.05) is 39.3 Å². The van der Waals surface area contributed by atoms with Gasteiger partial charge < -0.3 is 94.1 Å². The average Bonchev–Trinajstić information content (AvgIpc) is 3.75. The molecule has 0 aromatic rings. The Morgan fingerprint density at radius 3 is 1.97 bits per heavy atom. The maximum Gasteiger partial charge on any atom is 0.197 e. The molecule has 370 valence electrons. The molecule has 5 heterocycles. The molecule has 27 atom stereocenters. The van der Waals surface area contributed by atoms with Gasteiger partial charge in [0.2, 0.25) is 0 Å². The van der Waals surface area contributed by atoms with Gasteiger partial charge in [0.25, 0.3) is 0 Å². The van der Waals surface area contributed by atoms with Gasteiger partial charge in [0.1, 0.15) is 85.1 Å². The first-order chi connectivity index (χ1) is 30.8. The topological polar surface area (TPSA) is 313 Å². The van der Waals surface area contributed by atoms with Crippen molar-refractivity contribution in [2.24, 2.45) is 46.3 Å². The third-order valence-electron chi connectivity index (χ3n) is 17.6. The Labute approximate surface area is 377 Å². The highest BCUT2D eigenvalue weighted by atomic mass is 16.8. The second-order valence-corrected chi connectivity index (χ2v) is 21.1. The first-order valence-electron chi connectivity index (χ1n) is 23.6. The number of carbonyl (C=O) groups is 1. The summed E-state index contributed by atoms with van der Waals surface area (Å²) in [4.78, 5) is 14.6. The molecule has 5 saturated heterocycles. The Hall–Kier alpha value is -1.35. The van der Waals surface area contributed by atoms with Gasteiger partial charge in [-0.3, -0.25) is 4.79 Å². The van der Waals surface area contributed by atoms with Crippen LogP contribution in [-0.2, 0) is 42.7 Å². The van der Waals surface area contributed by atoms with E-state index < -0.39 is 135 Å². The highest BCUT2D eigenvalue weighted by Crippen LogP contribution is 2.69. The minimum absolute atomic E-state index is 0.0604. The molecule has 11 N–H and O–H groups in total. The van der Waals surface area contributed by atoms with E-state index >= 15 is 0 Å². The van der Waals surface area contributed by atoms with Gasteiger partial charge in [-0.2, -0.15) is 0 Å². The van der Waals surface area contributed by atoms with Gasteiger partial charge in [-0.25, -0.2) is 0 Å².